The van der Waals surface area contributed by atoms with Gasteiger partial charge in [0.1, 0.15) is 5.78 Å². The number of carbonyl (C=O) groups excluding carboxylic acids is 2. The molecule has 2 atom stereocenters. The van der Waals surface area contributed by atoms with E-state index in [4.69, 9.17) is 58.1 Å². The number of esters is 2. The molecule has 246 valence electrons. The van der Waals surface area contributed by atoms with Crippen LogP contribution < -0.4 is 10.6 Å². The monoisotopic (exact) mass is 702 g/mol. The fraction of sp³-hybridized carbons (Fsp3) is 0.419. The van der Waals surface area contributed by atoms with Crippen molar-refractivity contribution >= 4 is 54.3 Å². The lowest BCUT2D eigenvalue weighted by Gasteiger charge is -2.32. The molecule has 0 amide bonds. The molecule has 2 N–H and O–H groups in total. The van der Waals surface area contributed by atoms with Gasteiger partial charge in [0.15, 0.2) is 0 Å². The quantitative estimate of drug-likeness (QED) is 0.106. The van der Waals surface area contributed by atoms with E-state index in [0.717, 1.165) is 0 Å². The normalized spacial score (nSPS) is 16.0. The van der Waals surface area contributed by atoms with Crippen LogP contribution in [0, 0.1) is 0 Å². The summed E-state index contributed by atoms with van der Waals surface area (Å²) in [6, 6.07) is 11.8. The van der Waals surface area contributed by atoms with Gasteiger partial charge in [-0.15, -0.1) is 0 Å². The molecule has 3 rings (SSSR count). The minimum Gasteiger partial charge on any atom is -0.466 e. The van der Waals surface area contributed by atoms with Gasteiger partial charge in [-0.05, 0) is 57.0 Å². The van der Waals surface area contributed by atoms with E-state index in [1.165, 1.54) is 7.11 Å². The number of nitrogens with one attached hydrogen (secondary N) is 2. The van der Waals surface area contributed by atoms with Crippen molar-refractivity contribution in [2.24, 2.45) is 0 Å². The Bertz CT molecular complexity index is 1470. The predicted molar refractivity (Wildman–Crippen MR) is 175 cm³/mol. The van der Waals surface area contributed by atoms with Crippen molar-refractivity contribution in [1.29, 1.82) is 0 Å². The minimum absolute atomic E-state index is 0.0521. The Hall–Kier alpha value is -2.40. The molecule has 14 heteroatoms. The Balaban J connectivity index is 1.90. The highest BCUT2D eigenvalue weighted by Crippen LogP contribution is 2.60. The lowest BCUT2D eigenvalue weighted by Crippen LogP contribution is -2.35. The van der Waals surface area contributed by atoms with Crippen molar-refractivity contribution in [2.45, 2.75) is 39.4 Å². The topological polar surface area (TPSA) is 121 Å². The number of hydrogen-bond acceptors (Lipinski definition) is 10. The van der Waals surface area contributed by atoms with E-state index >= 15 is 0 Å². The van der Waals surface area contributed by atoms with Gasteiger partial charge in [0.25, 0.3) is 0 Å². The second-order valence-corrected chi connectivity index (χ2v) is 13.0. The van der Waals surface area contributed by atoms with Crippen molar-refractivity contribution in [3.63, 3.8) is 0 Å². The van der Waals surface area contributed by atoms with Crippen LogP contribution in [0.1, 0.15) is 50.5 Å². The maximum absolute atomic E-state index is 13.8. The third kappa shape index (κ3) is 9.11. The summed E-state index contributed by atoms with van der Waals surface area (Å²) in [4.78, 5) is 26.4. The van der Waals surface area contributed by atoms with E-state index in [1.807, 2.05) is 0 Å². The zero-order valence-electron chi connectivity index (χ0n) is 25.8. The van der Waals surface area contributed by atoms with E-state index in [-0.39, 0.29) is 50.7 Å². The lowest BCUT2D eigenvalue weighted by molar-refractivity contribution is -0.139. The number of methoxy groups -OCH3 is 1. The Morgan fingerprint density at radius 2 is 1.64 bits per heavy atom. The molecule has 10 nitrogen and oxygen atoms in total. The summed E-state index contributed by atoms with van der Waals surface area (Å²) in [6.45, 7) is 7.52. The molecule has 0 saturated heterocycles. The molecule has 0 saturated carbocycles. The Labute approximate surface area is 278 Å². The molecule has 45 heavy (non-hydrogen) atoms. The van der Waals surface area contributed by atoms with Crippen molar-refractivity contribution in [1.82, 2.24) is 10.6 Å². The van der Waals surface area contributed by atoms with Gasteiger partial charge in [-0.3, -0.25) is 9.88 Å². The standard InChI is InChI=1S/C31H38Cl3N2O8P/c1-6-42-31(38)28-25(36-19(4)26(30(37)40-5)27(28)21-11-9-10-12-23(21)33)18-41-16-15-35-29(45(39,43-7-2)44-8-3)22-14-13-20(32)17-24(22)34/h9-14,17,27,29,35-36H,6-8,15-16,18H2,1-5H3. The number of halogens is 3. The van der Waals surface area contributed by atoms with Gasteiger partial charge in [0.2, 0.25) is 0 Å². The molecule has 0 aliphatic carbocycles. The first-order valence-electron chi connectivity index (χ1n) is 14.4. The van der Waals surface area contributed by atoms with Gasteiger partial charge >= 0.3 is 19.5 Å². The average Bonchev–Trinajstić information content (AvgIpc) is 2.99. The van der Waals surface area contributed by atoms with E-state index in [2.05, 4.69) is 10.6 Å². The van der Waals surface area contributed by atoms with E-state index in [1.54, 1.807) is 70.2 Å². The van der Waals surface area contributed by atoms with Gasteiger partial charge in [-0.1, -0.05) is 59.1 Å². The van der Waals surface area contributed by atoms with Gasteiger partial charge in [0.05, 0.1) is 62.9 Å². The molecular weight excluding hydrogens is 666 g/mol. The number of rotatable bonds is 16. The summed E-state index contributed by atoms with van der Waals surface area (Å²) in [5.41, 5.74) is 2.30. The molecule has 1 aliphatic rings. The fourth-order valence-electron chi connectivity index (χ4n) is 4.96. The molecule has 1 heterocycles. The van der Waals surface area contributed by atoms with Crippen molar-refractivity contribution in [3.8, 4) is 0 Å². The van der Waals surface area contributed by atoms with Crippen LogP contribution in [0.15, 0.2) is 65.0 Å². The number of ether oxygens (including phenoxy) is 3. The second-order valence-electron chi connectivity index (χ2n) is 9.67. The predicted octanol–water partition coefficient (Wildman–Crippen LogP) is 7.17. The summed E-state index contributed by atoms with van der Waals surface area (Å²) < 4.78 is 41.5. The SMILES string of the molecule is CCOC(=O)C1=C(COCCNC(c2ccc(Cl)cc2Cl)P(=O)(OCC)OCC)NC(C)=C(C(=O)OC)C1c1ccccc1Cl. The third-order valence-electron chi connectivity index (χ3n) is 6.78. The summed E-state index contributed by atoms with van der Waals surface area (Å²) in [5, 5.41) is 7.43. The highest BCUT2D eigenvalue weighted by atomic mass is 35.5. The van der Waals surface area contributed by atoms with E-state index in [9.17, 15) is 14.2 Å². The first-order chi connectivity index (χ1) is 21.5. The van der Waals surface area contributed by atoms with Crippen LogP contribution >= 0.6 is 42.4 Å². The zero-order chi connectivity index (χ0) is 33.1. The number of carbonyl (C=O) groups is 2. The van der Waals surface area contributed by atoms with Gasteiger partial charge in [-0.25, -0.2) is 9.59 Å². The molecule has 2 aromatic rings. The van der Waals surface area contributed by atoms with Crippen molar-refractivity contribution < 1.29 is 37.4 Å². The maximum atomic E-state index is 13.8. The molecule has 1 aliphatic heterocycles. The summed E-state index contributed by atoms with van der Waals surface area (Å²) in [5.74, 6) is -3.03. The maximum Gasteiger partial charge on any atom is 0.351 e. The number of benzene rings is 2. The highest BCUT2D eigenvalue weighted by molar-refractivity contribution is 7.54. The molecular formula is C31H38Cl3N2O8P. The lowest BCUT2D eigenvalue weighted by atomic mass is 9.80. The van der Waals surface area contributed by atoms with Gasteiger partial charge in [-0.2, -0.15) is 0 Å². The average molecular weight is 704 g/mol. The molecule has 0 radical (unpaired) electrons. The summed E-state index contributed by atoms with van der Waals surface area (Å²) >= 11 is 19.2. The van der Waals surface area contributed by atoms with Crippen LogP contribution in [0.4, 0.5) is 0 Å². The fourth-order valence-corrected chi connectivity index (χ4v) is 7.81. The van der Waals surface area contributed by atoms with Crippen LogP contribution in [-0.2, 0) is 37.4 Å². The molecule has 0 aromatic heterocycles. The Kier molecular flexibility index (Phi) is 14.4. The molecule has 0 fully saturated rings. The number of allylic oxidation sites excluding steroid dienone is 1. The van der Waals surface area contributed by atoms with Crippen LogP contribution in [0.2, 0.25) is 15.1 Å². The van der Waals surface area contributed by atoms with Gasteiger partial charge in [0, 0.05) is 27.3 Å². The molecule has 0 bridgehead atoms. The van der Waals surface area contributed by atoms with Crippen molar-refractivity contribution in [2.75, 3.05) is 46.7 Å². The molecule has 0 spiro atoms. The largest absolute Gasteiger partial charge is 0.466 e. The summed E-state index contributed by atoms with van der Waals surface area (Å²) in [7, 11) is -2.44. The first-order valence-corrected chi connectivity index (χ1v) is 17.1. The van der Waals surface area contributed by atoms with E-state index in [0.29, 0.717) is 37.6 Å². The van der Waals surface area contributed by atoms with Crippen LogP contribution in [0.3, 0.4) is 0 Å². The first kappa shape index (κ1) is 37.1. The minimum atomic E-state index is -3.71. The second kappa shape index (κ2) is 17.5. The highest BCUT2D eigenvalue weighted by Gasteiger charge is 2.40. The van der Waals surface area contributed by atoms with E-state index < -0.39 is 31.2 Å². The number of hydrogen-bond donors (Lipinski definition) is 2. The molecule has 2 unspecified atom stereocenters. The van der Waals surface area contributed by atoms with Crippen LogP contribution in [0.25, 0.3) is 0 Å². The Morgan fingerprint density at radius 3 is 2.24 bits per heavy atom. The number of dihydropyridines is 1. The smallest absolute Gasteiger partial charge is 0.351 e. The third-order valence-corrected chi connectivity index (χ3v) is 10.0. The van der Waals surface area contributed by atoms with Crippen LogP contribution in [0.5, 0.6) is 0 Å². The van der Waals surface area contributed by atoms with Crippen molar-refractivity contribution in [3.05, 3.63) is 91.2 Å². The Morgan fingerprint density at radius 1 is 0.956 bits per heavy atom. The molecule has 2 aromatic carbocycles. The zero-order valence-corrected chi connectivity index (χ0v) is 28.9. The van der Waals surface area contributed by atoms with Crippen LogP contribution in [-0.4, -0.2) is 58.6 Å². The summed E-state index contributed by atoms with van der Waals surface area (Å²) in [6.07, 6.45) is 0. The van der Waals surface area contributed by atoms with Gasteiger partial charge < -0.3 is 28.6 Å².